The molecule has 2 amide bonds. The smallest absolute Gasteiger partial charge is 0.305 e. The molecular weight excluding hydrogens is 360 g/mol. The number of carboxylic acid groups (broad SMARTS) is 1. The molecule has 1 N–H and O–H groups in total. The van der Waals surface area contributed by atoms with Gasteiger partial charge in [0.15, 0.2) is 0 Å². The quantitative estimate of drug-likeness (QED) is 0.763. The number of fused-ring (bicyclic) bond motifs is 1. The molecule has 1 heterocycles. The zero-order chi connectivity index (χ0) is 19.6. The van der Waals surface area contributed by atoms with E-state index in [2.05, 4.69) is 0 Å². The Hall–Kier alpha value is -2.42. The lowest BCUT2D eigenvalue weighted by Gasteiger charge is -2.24. The zero-order valence-electron chi connectivity index (χ0n) is 14.9. The van der Waals surface area contributed by atoms with Crippen molar-refractivity contribution < 1.29 is 27.9 Å². The van der Waals surface area contributed by atoms with Gasteiger partial charge in [0, 0.05) is 25.2 Å². The van der Waals surface area contributed by atoms with Gasteiger partial charge in [-0.15, -0.1) is 0 Å². The second kappa shape index (κ2) is 7.45. The van der Waals surface area contributed by atoms with Crippen molar-refractivity contribution >= 4 is 27.8 Å². The van der Waals surface area contributed by atoms with Crippen LogP contribution in [-0.4, -0.2) is 60.1 Å². The topological polar surface area (TPSA) is 112 Å². The fourth-order valence-electron chi connectivity index (χ4n) is 2.85. The summed E-state index contributed by atoms with van der Waals surface area (Å²) in [5.41, 5.74) is 0.161. The molecule has 0 bridgehead atoms. The molecule has 0 saturated carbocycles. The van der Waals surface area contributed by atoms with E-state index in [-0.39, 0.29) is 41.5 Å². The van der Waals surface area contributed by atoms with Gasteiger partial charge in [-0.05, 0) is 31.0 Å². The Morgan fingerprint density at radius 3 is 2.46 bits per heavy atom. The first-order chi connectivity index (χ1) is 12.1. The van der Waals surface area contributed by atoms with Crippen LogP contribution in [0.4, 0.5) is 0 Å². The molecule has 1 aliphatic heterocycles. The van der Waals surface area contributed by atoms with E-state index in [9.17, 15) is 22.8 Å². The van der Waals surface area contributed by atoms with Crippen LogP contribution in [0.5, 0.6) is 0 Å². The summed E-state index contributed by atoms with van der Waals surface area (Å²) in [6.45, 7) is 5.73. The van der Waals surface area contributed by atoms with Gasteiger partial charge in [0.05, 0.1) is 12.0 Å². The minimum absolute atomic E-state index is 0.0111. The van der Waals surface area contributed by atoms with Gasteiger partial charge in [-0.3, -0.25) is 14.4 Å². The second-order valence-corrected chi connectivity index (χ2v) is 8.31. The third-order valence-corrected chi connectivity index (χ3v) is 5.91. The van der Waals surface area contributed by atoms with Crippen molar-refractivity contribution in [2.24, 2.45) is 5.92 Å². The van der Waals surface area contributed by atoms with Crippen molar-refractivity contribution in [3.63, 3.8) is 0 Å². The Labute approximate surface area is 152 Å². The number of hydrogen-bond acceptors (Lipinski definition) is 5. The maximum Gasteiger partial charge on any atom is 0.305 e. The van der Waals surface area contributed by atoms with E-state index in [4.69, 9.17) is 5.11 Å². The van der Waals surface area contributed by atoms with Gasteiger partial charge in [0.1, 0.15) is 4.90 Å². The van der Waals surface area contributed by atoms with Crippen LogP contribution in [0, 0.1) is 5.92 Å². The molecule has 26 heavy (non-hydrogen) atoms. The Balaban J connectivity index is 2.38. The van der Waals surface area contributed by atoms with E-state index in [1.54, 1.807) is 6.92 Å². The van der Waals surface area contributed by atoms with Crippen LogP contribution < -0.4 is 0 Å². The summed E-state index contributed by atoms with van der Waals surface area (Å²) in [6.07, 6.45) is -0.205. The summed E-state index contributed by atoms with van der Waals surface area (Å²) in [4.78, 5) is 37.0. The lowest BCUT2D eigenvalue weighted by molar-refractivity contribution is -0.137. The summed E-state index contributed by atoms with van der Waals surface area (Å²) >= 11 is 0. The summed E-state index contributed by atoms with van der Waals surface area (Å²) in [5.74, 6) is -1.97. The Kier molecular flexibility index (Phi) is 5.70. The first-order valence-electron chi connectivity index (χ1n) is 8.31. The number of carbonyl (C=O) groups is 3. The van der Waals surface area contributed by atoms with Crippen molar-refractivity contribution in [3.8, 4) is 0 Å². The number of carbonyl (C=O) groups excluding carboxylic acids is 2. The van der Waals surface area contributed by atoms with Crippen LogP contribution in [0.3, 0.4) is 0 Å². The van der Waals surface area contributed by atoms with E-state index in [0.717, 1.165) is 4.31 Å². The molecule has 0 fully saturated rings. The van der Waals surface area contributed by atoms with E-state index >= 15 is 0 Å². The average Bonchev–Trinajstić information content (AvgIpc) is 2.76. The zero-order valence-corrected chi connectivity index (χ0v) is 15.7. The Bertz CT molecular complexity index is 847. The van der Waals surface area contributed by atoms with Gasteiger partial charge in [-0.1, -0.05) is 13.8 Å². The largest absolute Gasteiger partial charge is 0.481 e. The molecule has 0 unspecified atom stereocenters. The summed E-state index contributed by atoms with van der Waals surface area (Å²) in [6, 6.07) is 3.94. The van der Waals surface area contributed by atoms with E-state index in [1.807, 2.05) is 13.8 Å². The highest BCUT2D eigenvalue weighted by Gasteiger charge is 2.40. The summed E-state index contributed by atoms with van der Waals surface area (Å²) < 4.78 is 25.7. The normalized spacial score (nSPS) is 15.2. The Morgan fingerprint density at radius 2 is 1.92 bits per heavy atom. The molecule has 142 valence electrons. The van der Waals surface area contributed by atoms with Gasteiger partial charge in [-0.2, -0.15) is 0 Å². The maximum atomic E-state index is 12.8. The lowest BCUT2D eigenvalue weighted by Crippen LogP contribution is -2.36. The third-order valence-electron chi connectivity index (χ3n) is 4.01. The van der Waals surface area contributed by atoms with Crippen LogP contribution in [0.2, 0.25) is 0 Å². The number of hydrogen-bond donors (Lipinski definition) is 1. The number of nitrogens with zero attached hydrogens (tertiary/aromatic N) is 2. The number of aliphatic carboxylic acids is 1. The van der Waals surface area contributed by atoms with Crippen LogP contribution >= 0.6 is 0 Å². The van der Waals surface area contributed by atoms with E-state index in [0.29, 0.717) is 6.54 Å². The molecule has 1 aromatic carbocycles. The van der Waals surface area contributed by atoms with E-state index in [1.165, 1.54) is 23.1 Å². The molecule has 8 nitrogen and oxygen atoms in total. The number of carboxylic acids is 1. The minimum atomic E-state index is -3.96. The van der Waals surface area contributed by atoms with Crippen molar-refractivity contribution in [1.82, 2.24) is 9.21 Å². The molecule has 0 radical (unpaired) electrons. The minimum Gasteiger partial charge on any atom is -0.481 e. The standard InChI is InChI=1S/C17H22N2O6S/c1-4-19-17(23)13-6-5-12(9-14(13)26(19,24)25)16(22)18(10-11(2)3)8-7-15(20)21/h5-6,9,11H,4,7-8,10H2,1-3H3,(H,20,21). The highest BCUT2D eigenvalue weighted by Crippen LogP contribution is 2.31. The molecule has 1 aromatic rings. The van der Waals surface area contributed by atoms with Crippen LogP contribution in [0.25, 0.3) is 0 Å². The predicted octanol–water partition coefficient (Wildman–Crippen LogP) is 1.42. The molecule has 2 rings (SSSR count). The number of sulfonamides is 1. The Morgan fingerprint density at radius 1 is 1.27 bits per heavy atom. The average molecular weight is 382 g/mol. The molecule has 0 spiro atoms. The van der Waals surface area contributed by atoms with Crippen molar-refractivity contribution in [2.45, 2.75) is 32.1 Å². The fourth-order valence-corrected chi connectivity index (χ4v) is 4.45. The van der Waals surface area contributed by atoms with Crippen molar-refractivity contribution in [2.75, 3.05) is 19.6 Å². The van der Waals surface area contributed by atoms with Crippen molar-refractivity contribution in [3.05, 3.63) is 29.3 Å². The predicted molar refractivity (Wildman–Crippen MR) is 93.3 cm³/mol. The van der Waals surface area contributed by atoms with E-state index < -0.39 is 27.8 Å². The highest BCUT2D eigenvalue weighted by atomic mass is 32.2. The monoisotopic (exact) mass is 382 g/mol. The third kappa shape index (κ3) is 3.72. The van der Waals surface area contributed by atoms with Gasteiger partial charge in [-0.25, -0.2) is 12.7 Å². The van der Waals surface area contributed by atoms with Crippen molar-refractivity contribution in [1.29, 1.82) is 0 Å². The van der Waals surface area contributed by atoms with Gasteiger partial charge in [0.2, 0.25) is 0 Å². The molecule has 0 aliphatic carbocycles. The van der Waals surface area contributed by atoms with Gasteiger partial charge < -0.3 is 10.0 Å². The number of amides is 2. The van der Waals surface area contributed by atoms with Gasteiger partial charge >= 0.3 is 5.97 Å². The van der Waals surface area contributed by atoms with Crippen LogP contribution in [0.15, 0.2) is 23.1 Å². The molecule has 9 heteroatoms. The molecule has 0 aromatic heterocycles. The highest BCUT2D eigenvalue weighted by molar-refractivity contribution is 7.90. The number of benzene rings is 1. The summed E-state index contributed by atoms with van der Waals surface area (Å²) in [5, 5.41) is 8.87. The first kappa shape index (κ1) is 19.9. The summed E-state index contributed by atoms with van der Waals surface area (Å²) in [7, 11) is -3.96. The van der Waals surface area contributed by atoms with Crippen LogP contribution in [-0.2, 0) is 14.8 Å². The molecule has 1 aliphatic rings. The lowest BCUT2D eigenvalue weighted by atomic mass is 10.1. The SMILES string of the molecule is CCN1C(=O)c2ccc(C(=O)N(CCC(=O)O)CC(C)C)cc2S1(=O)=O. The first-order valence-corrected chi connectivity index (χ1v) is 9.75. The maximum absolute atomic E-state index is 12.8. The second-order valence-electron chi connectivity index (χ2n) is 6.47. The van der Waals surface area contributed by atoms with Gasteiger partial charge in [0.25, 0.3) is 21.8 Å². The fraction of sp³-hybridized carbons (Fsp3) is 0.471. The molecular formula is C17H22N2O6S. The number of rotatable bonds is 7. The molecule has 0 atom stereocenters. The van der Waals surface area contributed by atoms with Crippen LogP contribution in [0.1, 0.15) is 47.9 Å². The molecule has 0 saturated heterocycles.